The van der Waals surface area contributed by atoms with E-state index in [1.807, 2.05) is 50.7 Å². The quantitative estimate of drug-likeness (QED) is 0.356. The number of thioether (sulfide) groups is 1. The van der Waals surface area contributed by atoms with Crippen LogP contribution in [0, 0.1) is 11.8 Å². The molecule has 2 fully saturated rings. The fourth-order valence-corrected chi connectivity index (χ4v) is 6.38. The van der Waals surface area contributed by atoms with Crippen molar-refractivity contribution in [3.05, 3.63) is 41.7 Å². The lowest BCUT2D eigenvalue weighted by Gasteiger charge is -2.41. The standard InChI is InChI=1S/C28H40FNO3S/c1-17(2)32-26-16-28(33-25-14-19(5)23(29)15-24(25)30-26)12-10-21(11-13-28)27(31)20-6-8-22(9-7-20)34-18(3)4/h6-9,14,17-19,21,23-24,26,30H,10-13,15-16H2,1-5H3. The molecule has 1 spiro atoms. The highest BCUT2D eigenvalue weighted by Crippen LogP contribution is 2.44. The Morgan fingerprint density at radius 2 is 1.85 bits per heavy atom. The monoisotopic (exact) mass is 489 g/mol. The molecule has 0 aromatic heterocycles. The Bertz CT molecular complexity index is 876. The Morgan fingerprint density at radius 3 is 2.47 bits per heavy atom. The van der Waals surface area contributed by atoms with Gasteiger partial charge in [0.15, 0.2) is 5.78 Å². The fraction of sp³-hybridized carbons (Fsp3) is 0.679. The molecule has 34 heavy (non-hydrogen) atoms. The summed E-state index contributed by atoms with van der Waals surface area (Å²) >= 11 is 1.81. The number of ketones is 1. The van der Waals surface area contributed by atoms with Crippen LogP contribution in [-0.2, 0) is 9.47 Å². The van der Waals surface area contributed by atoms with Crippen LogP contribution >= 0.6 is 11.8 Å². The molecule has 4 rings (SSSR count). The van der Waals surface area contributed by atoms with Crippen molar-refractivity contribution in [3.63, 3.8) is 0 Å². The minimum atomic E-state index is -0.878. The van der Waals surface area contributed by atoms with E-state index in [1.165, 1.54) is 4.90 Å². The second-order valence-corrected chi connectivity index (χ2v) is 12.5. The summed E-state index contributed by atoms with van der Waals surface area (Å²) in [5.74, 6) is 0.965. The molecule has 188 valence electrons. The molecule has 0 radical (unpaired) electrons. The summed E-state index contributed by atoms with van der Waals surface area (Å²) in [5.41, 5.74) is 0.432. The van der Waals surface area contributed by atoms with Crippen LogP contribution in [0.2, 0.25) is 0 Å². The SMILES string of the molecule is CC(C)OC1CC2(CCC(C(=O)c3ccc(SC(C)C)cc3)CC2)OC2=CC(C)C(F)CC2N1. The lowest BCUT2D eigenvalue weighted by atomic mass is 9.74. The van der Waals surface area contributed by atoms with Crippen LogP contribution in [0.4, 0.5) is 4.39 Å². The van der Waals surface area contributed by atoms with Crippen molar-refractivity contribution in [2.45, 2.75) is 113 Å². The van der Waals surface area contributed by atoms with Crippen molar-refractivity contribution in [3.8, 4) is 0 Å². The molecule has 4 atom stereocenters. The molecular weight excluding hydrogens is 449 g/mol. The predicted molar refractivity (Wildman–Crippen MR) is 136 cm³/mol. The molecule has 1 aromatic carbocycles. The Kier molecular flexibility index (Phi) is 8.10. The summed E-state index contributed by atoms with van der Waals surface area (Å²) < 4.78 is 27.4. The first kappa shape index (κ1) is 25.7. The average molecular weight is 490 g/mol. The largest absolute Gasteiger partial charge is 0.490 e. The van der Waals surface area contributed by atoms with Gasteiger partial charge in [-0.1, -0.05) is 32.9 Å². The normalized spacial score (nSPS) is 33.9. The third-order valence-electron chi connectivity index (χ3n) is 7.30. The lowest BCUT2D eigenvalue weighted by Crippen LogP contribution is -2.45. The van der Waals surface area contributed by atoms with Crippen LogP contribution in [0.5, 0.6) is 0 Å². The highest BCUT2D eigenvalue weighted by atomic mass is 32.2. The topological polar surface area (TPSA) is 47.6 Å². The number of halogens is 1. The second-order valence-electron chi connectivity index (χ2n) is 10.9. The summed E-state index contributed by atoms with van der Waals surface area (Å²) in [4.78, 5) is 14.5. The van der Waals surface area contributed by atoms with Gasteiger partial charge in [0.05, 0.1) is 12.1 Å². The van der Waals surface area contributed by atoms with Crippen LogP contribution < -0.4 is 5.32 Å². The number of hydrogen-bond donors (Lipinski definition) is 1. The maximum atomic E-state index is 14.5. The third-order valence-corrected chi connectivity index (χ3v) is 8.31. The summed E-state index contributed by atoms with van der Waals surface area (Å²) in [7, 11) is 0. The van der Waals surface area contributed by atoms with Crippen LogP contribution in [0.3, 0.4) is 0 Å². The molecule has 6 heteroatoms. The van der Waals surface area contributed by atoms with Gasteiger partial charge in [-0.2, -0.15) is 0 Å². The molecule has 0 amide bonds. The molecule has 1 aliphatic heterocycles. The molecule has 1 saturated heterocycles. The van der Waals surface area contributed by atoms with E-state index in [1.54, 1.807) is 0 Å². The van der Waals surface area contributed by atoms with Gasteiger partial charge < -0.3 is 9.47 Å². The maximum Gasteiger partial charge on any atom is 0.165 e. The number of nitrogens with one attached hydrogen (secondary N) is 1. The molecule has 2 aliphatic carbocycles. The number of rotatable bonds is 6. The number of hydrogen-bond acceptors (Lipinski definition) is 5. The first-order valence-electron chi connectivity index (χ1n) is 12.9. The van der Waals surface area contributed by atoms with Gasteiger partial charge in [0.25, 0.3) is 0 Å². The maximum absolute atomic E-state index is 14.5. The van der Waals surface area contributed by atoms with Crippen LogP contribution in [0.1, 0.15) is 83.5 Å². The molecule has 0 bridgehead atoms. The molecule has 1 saturated carbocycles. The van der Waals surface area contributed by atoms with E-state index >= 15 is 0 Å². The fourth-order valence-electron chi connectivity index (χ4n) is 5.54. The highest BCUT2D eigenvalue weighted by Gasteiger charge is 2.46. The number of carbonyl (C=O) groups excluding carboxylic acids is 1. The zero-order valence-corrected chi connectivity index (χ0v) is 22.0. The molecule has 4 unspecified atom stereocenters. The number of alkyl halides is 1. The van der Waals surface area contributed by atoms with Crippen molar-refractivity contribution < 1.29 is 18.7 Å². The van der Waals surface area contributed by atoms with E-state index in [0.29, 0.717) is 18.1 Å². The van der Waals surface area contributed by atoms with E-state index in [-0.39, 0.29) is 41.6 Å². The number of ether oxygens (including phenoxy) is 2. The van der Waals surface area contributed by atoms with Crippen molar-refractivity contribution >= 4 is 17.5 Å². The Hall–Kier alpha value is -1.37. The van der Waals surface area contributed by atoms with Crippen LogP contribution in [0.15, 0.2) is 41.0 Å². The smallest absolute Gasteiger partial charge is 0.165 e. The number of allylic oxidation sites excluding steroid dienone is 1. The van der Waals surface area contributed by atoms with E-state index in [4.69, 9.17) is 9.47 Å². The van der Waals surface area contributed by atoms with Gasteiger partial charge >= 0.3 is 0 Å². The predicted octanol–water partition coefficient (Wildman–Crippen LogP) is 6.69. The highest BCUT2D eigenvalue weighted by molar-refractivity contribution is 7.99. The molecule has 1 aromatic rings. The molecule has 1 heterocycles. The van der Waals surface area contributed by atoms with Crippen molar-refractivity contribution in [2.75, 3.05) is 0 Å². The Balaban J connectivity index is 1.46. The molecule has 3 aliphatic rings. The number of fused-ring (bicyclic) bond motifs is 1. The minimum Gasteiger partial charge on any atom is -0.490 e. The minimum absolute atomic E-state index is 0.0174. The van der Waals surface area contributed by atoms with Crippen LogP contribution in [0.25, 0.3) is 0 Å². The van der Waals surface area contributed by atoms with Gasteiger partial charge in [0.2, 0.25) is 0 Å². The number of Topliss-reactive ketones (excluding diaryl/α,β-unsaturated/α-hetero) is 1. The average Bonchev–Trinajstić information content (AvgIpc) is 2.90. The van der Waals surface area contributed by atoms with Gasteiger partial charge in [0.1, 0.15) is 23.8 Å². The molecule has 4 nitrogen and oxygen atoms in total. The molecule has 1 N–H and O–H groups in total. The van der Waals surface area contributed by atoms with Crippen molar-refractivity contribution in [1.29, 1.82) is 0 Å². The summed E-state index contributed by atoms with van der Waals surface area (Å²) in [5, 5.41) is 4.05. The first-order valence-corrected chi connectivity index (χ1v) is 13.8. The van der Waals surface area contributed by atoms with E-state index in [9.17, 15) is 9.18 Å². The van der Waals surface area contributed by atoms with E-state index < -0.39 is 6.17 Å². The first-order chi connectivity index (χ1) is 16.1. The summed E-state index contributed by atoms with van der Waals surface area (Å²) in [6, 6.07) is 7.91. The third kappa shape index (κ3) is 6.06. The van der Waals surface area contributed by atoms with Gasteiger partial charge in [0, 0.05) is 40.4 Å². The van der Waals surface area contributed by atoms with Gasteiger partial charge in [-0.15, -0.1) is 11.8 Å². The van der Waals surface area contributed by atoms with Gasteiger partial charge in [-0.3, -0.25) is 10.1 Å². The number of carbonyl (C=O) groups is 1. The Labute approximate surface area is 208 Å². The summed E-state index contributed by atoms with van der Waals surface area (Å²) in [6.07, 6.45) is 5.30. The van der Waals surface area contributed by atoms with Crippen molar-refractivity contribution in [1.82, 2.24) is 5.32 Å². The van der Waals surface area contributed by atoms with Gasteiger partial charge in [-0.25, -0.2) is 4.39 Å². The van der Waals surface area contributed by atoms with Gasteiger partial charge in [-0.05, 0) is 57.7 Å². The zero-order valence-electron chi connectivity index (χ0n) is 21.2. The summed E-state index contributed by atoms with van der Waals surface area (Å²) in [6.45, 7) is 10.3. The van der Waals surface area contributed by atoms with Crippen LogP contribution in [-0.4, -0.2) is 41.2 Å². The molecular formula is C28H40FNO3S. The van der Waals surface area contributed by atoms with E-state index in [0.717, 1.165) is 37.0 Å². The van der Waals surface area contributed by atoms with Crippen molar-refractivity contribution in [2.24, 2.45) is 11.8 Å². The Morgan fingerprint density at radius 1 is 1.18 bits per heavy atom. The lowest BCUT2D eigenvalue weighted by molar-refractivity contribution is -0.0836. The number of benzene rings is 1. The zero-order chi connectivity index (χ0) is 24.5. The second kappa shape index (κ2) is 10.7. The van der Waals surface area contributed by atoms with E-state index in [2.05, 4.69) is 31.3 Å².